The lowest BCUT2D eigenvalue weighted by molar-refractivity contribution is -0.114. The molecule has 0 aliphatic rings. The smallest absolute Gasteiger partial charge is 0.326 e. The highest BCUT2D eigenvalue weighted by Gasteiger charge is 2.14. The minimum absolute atomic E-state index is 0.0664. The van der Waals surface area contributed by atoms with Crippen LogP contribution in [0.1, 0.15) is 17.3 Å². The summed E-state index contributed by atoms with van der Waals surface area (Å²) in [5, 5.41) is 7.91. The standard InChI is InChI=1S/C22H19FN4O3S/c1-14(28)24-16-5-4-6-17(13-16)26-22(30)27(31)18-11-9-15(10-12-18)25-21(29)19-7-2-3-8-20(19)23/h2-13,31H,1H3,(H,24,28)(H,25,29)(H,26,30). The number of nitrogens with one attached hydrogen (secondary N) is 3. The Hall–Kier alpha value is -3.85. The number of halogens is 1. The monoisotopic (exact) mass is 438 g/mol. The molecule has 9 heteroatoms. The van der Waals surface area contributed by atoms with Crippen molar-refractivity contribution in [2.75, 3.05) is 20.3 Å². The lowest BCUT2D eigenvalue weighted by atomic mass is 10.2. The van der Waals surface area contributed by atoms with Crippen molar-refractivity contribution in [1.29, 1.82) is 0 Å². The topological polar surface area (TPSA) is 90.5 Å². The van der Waals surface area contributed by atoms with Crippen molar-refractivity contribution in [3.8, 4) is 0 Å². The normalized spacial score (nSPS) is 10.2. The molecule has 3 N–H and O–H groups in total. The van der Waals surface area contributed by atoms with Gasteiger partial charge in [-0.25, -0.2) is 13.5 Å². The van der Waals surface area contributed by atoms with E-state index in [4.69, 9.17) is 0 Å². The molecule has 3 aromatic carbocycles. The maximum atomic E-state index is 13.7. The molecule has 158 valence electrons. The van der Waals surface area contributed by atoms with Gasteiger partial charge in [-0.15, -0.1) is 0 Å². The van der Waals surface area contributed by atoms with Gasteiger partial charge in [0.1, 0.15) is 5.82 Å². The van der Waals surface area contributed by atoms with Gasteiger partial charge in [0.05, 0.1) is 11.3 Å². The molecule has 0 radical (unpaired) electrons. The second-order valence-electron chi connectivity index (χ2n) is 6.48. The molecule has 0 unspecified atom stereocenters. The SMILES string of the molecule is CC(=O)Nc1cccc(NC(=O)N(S)c2ccc(NC(=O)c3ccccc3F)cc2)c1. The van der Waals surface area contributed by atoms with Crippen molar-refractivity contribution in [2.24, 2.45) is 0 Å². The molecule has 4 amide bonds. The molecule has 7 nitrogen and oxygen atoms in total. The van der Waals surface area contributed by atoms with Gasteiger partial charge in [-0.2, -0.15) is 0 Å². The third-order valence-electron chi connectivity index (χ3n) is 4.11. The second kappa shape index (κ2) is 9.77. The number of hydrogen-bond donors (Lipinski definition) is 4. The summed E-state index contributed by atoms with van der Waals surface area (Å²) in [6.07, 6.45) is 0. The predicted molar refractivity (Wildman–Crippen MR) is 122 cm³/mol. The highest BCUT2D eigenvalue weighted by molar-refractivity contribution is 7.82. The van der Waals surface area contributed by atoms with Crippen LogP contribution in [-0.2, 0) is 4.79 Å². The Bertz CT molecular complexity index is 1120. The number of anilines is 4. The van der Waals surface area contributed by atoms with E-state index in [0.29, 0.717) is 22.7 Å². The summed E-state index contributed by atoms with van der Waals surface area (Å²) >= 11 is 4.22. The molecule has 0 aliphatic heterocycles. The molecule has 3 aromatic rings. The van der Waals surface area contributed by atoms with Gasteiger partial charge in [0.15, 0.2) is 0 Å². The Morgan fingerprint density at radius 1 is 0.806 bits per heavy atom. The van der Waals surface area contributed by atoms with Crippen molar-refractivity contribution < 1.29 is 18.8 Å². The molecule has 0 spiro atoms. The van der Waals surface area contributed by atoms with Crippen molar-refractivity contribution >= 4 is 53.4 Å². The van der Waals surface area contributed by atoms with E-state index >= 15 is 0 Å². The van der Waals surface area contributed by atoms with Crippen LogP contribution in [0.15, 0.2) is 72.8 Å². The minimum atomic E-state index is -0.614. The van der Waals surface area contributed by atoms with E-state index in [9.17, 15) is 18.8 Å². The second-order valence-corrected chi connectivity index (χ2v) is 6.88. The Labute approximate surface area is 183 Å². The predicted octanol–water partition coefficient (Wildman–Crippen LogP) is 4.92. The summed E-state index contributed by atoms with van der Waals surface area (Å²) in [6, 6.07) is 18.1. The molecule has 3 rings (SSSR count). The number of rotatable bonds is 5. The van der Waals surface area contributed by atoms with Crippen LogP contribution in [0, 0.1) is 5.82 Å². The van der Waals surface area contributed by atoms with Crippen LogP contribution < -0.4 is 20.3 Å². The van der Waals surface area contributed by atoms with Crippen LogP contribution in [-0.4, -0.2) is 17.8 Å². The molecule has 0 aromatic heterocycles. The van der Waals surface area contributed by atoms with Crippen molar-refractivity contribution in [3.63, 3.8) is 0 Å². The highest BCUT2D eigenvalue weighted by Crippen LogP contribution is 2.22. The van der Waals surface area contributed by atoms with Gasteiger partial charge in [-0.05, 0) is 54.6 Å². The van der Waals surface area contributed by atoms with Crippen molar-refractivity contribution in [3.05, 3.63) is 84.2 Å². The number of thiol groups is 1. The summed E-state index contributed by atoms with van der Waals surface area (Å²) in [5.41, 5.74) is 1.84. The van der Waals surface area contributed by atoms with Gasteiger partial charge in [0, 0.05) is 24.0 Å². The summed E-state index contributed by atoms with van der Waals surface area (Å²) in [6.45, 7) is 1.39. The fourth-order valence-electron chi connectivity index (χ4n) is 2.70. The van der Waals surface area contributed by atoms with Crippen molar-refractivity contribution in [2.45, 2.75) is 6.92 Å². The summed E-state index contributed by atoms with van der Waals surface area (Å²) in [5.74, 6) is -1.41. The average molecular weight is 438 g/mol. The van der Waals surface area contributed by atoms with E-state index in [1.54, 1.807) is 54.6 Å². The van der Waals surface area contributed by atoms with Crippen LogP contribution in [0.3, 0.4) is 0 Å². The van der Waals surface area contributed by atoms with E-state index in [1.165, 1.54) is 25.1 Å². The van der Waals surface area contributed by atoms with Gasteiger partial charge in [0.2, 0.25) is 5.91 Å². The van der Waals surface area contributed by atoms with E-state index in [-0.39, 0.29) is 11.5 Å². The Kier molecular flexibility index (Phi) is 6.88. The maximum absolute atomic E-state index is 13.7. The molecule has 0 fully saturated rings. The largest absolute Gasteiger partial charge is 0.336 e. The number of amides is 4. The van der Waals surface area contributed by atoms with Crippen LogP contribution in [0.4, 0.5) is 31.9 Å². The lowest BCUT2D eigenvalue weighted by Crippen LogP contribution is -2.26. The van der Waals surface area contributed by atoms with Gasteiger partial charge in [-0.1, -0.05) is 31.0 Å². The van der Waals surface area contributed by atoms with Crippen LogP contribution >= 0.6 is 12.8 Å². The fraction of sp³-hybridized carbons (Fsp3) is 0.0455. The number of hydrogen-bond acceptors (Lipinski definition) is 4. The number of nitrogens with zero attached hydrogens (tertiary/aromatic N) is 1. The third-order valence-corrected chi connectivity index (χ3v) is 4.53. The molecule has 0 saturated heterocycles. The first-order valence-corrected chi connectivity index (χ1v) is 9.57. The fourth-order valence-corrected chi connectivity index (χ4v) is 2.88. The van der Waals surface area contributed by atoms with Gasteiger partial charge < -0.3 is 16.0 Å². The zero-order valence-corrected chi connectivity index (χ0v) is 17.3. The lowest BCUT2D eigenvalue weighted by Gasteiger charge is -2.17. The van der Waals surface area contributed by atoms with Crippen LogP contribution in [0.25, 0.3) is 0 Å². The van der Waals surface area contributed by atoms with Gasteiger partial charge in [0.25, 0.3) is 5.91 Å². The minimum Gasteiger partial charge on any atom is -0.326 e. The first kappa shape index (κ1) is 21.8. The molecule has 0 bridgehead atoms. The molecule has 0 heterocycles. The average Bonchev–Trinajstić information content (AvgIpc) is 2.74. The zero-order valence-electron chi connectivity index (χ0n) is 16.4. The molecule has 0 atom stereocenters. The number of carbonyl (C=O) groups excluding carboxylic acids is 3. The van der Waals surface area contributed by atoms with E-state index < -0.39 is 17.8 Å². The van der Waals surface area contributed by atoms with Gasteiger partial charge in [-0.3, -0.25) is 9.59 Å². The van der Waals surface area contributed by atoms with Crippen LogP contribution in [0.2, 0.25) is 0 Å². The van der Waals surface area contributed by atoms with E-state index in [1.807, 2.05) is 0 Å². The van der Waals surface area contributed by atoms with Gasteiger partial charge >= 0.3 is 6.03 Å². The quantitative estimate of drug-likeness (QED) is 0.426. The van der Waals surface area contributed by atoms with Crippen LogP contribution in [0.5, 0.6) is 0 Å². The summed E-state index contributed by atoms with van der Waals surface area (Å²) < 4.78 is 14.8. The van der Waals surface area contributed by atoms with E-state index in [0.717, 1.165) is 4.31 Å². The van der Waals surface area contributed by atoms with E-state index in [2.05, 4.69) is 28.8 Å². The molecule has 0 saturated carbocycles. The third kappa shape index (κ3) is 5.83. The maximum Gasteiger partial charge on any atom is 0.336 e. The molecular formula is C22H19FN4O3S. The molecular weight excluding hydrogens is 419 g/mol. The number of benzene rings is 3. The zero-order chi connectivity index (χ0) is 22.4. The summed E-state index contributed by atoms with van der Waals surface area (Å²) in [4.78, 5) is 35.8. The molecule has 0 aliphatic carbocycles. The number of carbonyl (C=O) groups is 3. The summed E-state index contributed by atoms with van der Waals surface area (Å²) in [7, 11) is 0. The van der Waals surface area contributed by atoms with Crippen molar-refractivity contribution in [1.82, 2.24) is 0 Å². The Morgan fingerprint density at radius 3 is 2.10 bits per heavy atom. The first-order chi connectivity index (χ1) is 14.8. The highest BCUT2D eigenvalue weighted by atomic mass is 32.1. The Morgan fingerprint density at radius 2 is 1.45 bits per heavy atom. The molecule has 31 heavy (non-hydrogen) atoms. The number of urea groups is 1. The Balaban J connectivity index is 1.64. The first-order valence-electron chi connectivity index (χ1n) is 9.17.